The van der Waals surface area contributed by atoms with Gasteiger partial charge in [-0.2, -0.15) is 0 Å². The second kappa shape index (κ2) is 9.17. The molecule has 8 nitrogen and oxygen atoms in total. The summed E-state index contributed by atoms with van der Waals surface area (Å²) in [6, 6.07) is 12.2. The van der Waals surface area contributed by atoms with Crippen LogP contribution in [-0.4, -0.2) is 45.7 Å². The Balaban J connectivity index is 1.51. The van der Waals surface area contributed by atoms with Crippen molar-refractivity contribution in [1.82, 2.24) is 0 Å². The summed E-state index contributed by atoms with van der Waals surface area (Å²) in [6.45, 7) is 1.10. The fraction of sp³-hybridized carbons (Fsp3) is 0.364. The number of carbonyl (C=O) groups is 2. The number of nitrogens with one attached hydrogen (secondary N) is 2. The van der Waals surface area contributed by atoms with Crippen LogP contribution in [0.5, 0.6) is 0 Å². The predicted octanol–water partition coefficient (Wildman–Crippen LogP) is 2.75. The number of carbonyl (C=O) groups excluding carboxylic acids is 2. The van der Waals surface area contributed by atoms with Crippen molar-refractivity contribution >= 4 is 33.0 Å². The summed E-state index contributed by atoms with van der Waals surface area (Å²) in [6.07, 6.45) is 1.93. The van der Waals surface area contributed by atoms with E-state index in [-0.39, 0.29) is 21.6 Å². The van der Waals surface area contributed by atoms with Gasteiger partial charge in [0.15, 0.2) is 0 Å². The first kappa shape index (κ1) is 21.5. The Kier molecular flexibility index (Phi) is 6.35. The summed E-state index contributed by atoms with van der Waals surface area (Å²) in [5.41, 5.74) is 0.758. The molecule has 0 aromatic heterocycles. The van der Waals surface area contributed by atoms with E-state index in [1.165, 1.54) is 24.3 Å². The summed E-state index contributed by atoms with van der Waals surface area (Å²) < 4.78 is 37.0. The standard InChI is InChI=1S/C22H24N2O6S/c25-21(19-9-3-11-29-19)23-15-5-1-7-17(13-15)31(27,28)18-8-2-6-16(14-18)24-22(26)20-10-4-12-30-20/h1-2,5-8,13-14,19-20H,3-4,9-12H2,(H,23,25)(H,24,26)/t19-,20+. The van der Waals surface area contributed by atoms with Crippen molar-refractivity contribution in [1.29, 1.82) is 0 Å². The third-order valence-corrected chi connectivity index (χ3v) is 7.02. The normalized spacial score (nSPS) is 21.0. The summed E-state index contributed by atoms with van der Waals surface area (Å²) in [5.74, 6) is -0.572. The molecule has 2 aromatic rings. The van der Waals surface area contributed by atoms with E-state index in [9.17, 15) is 18.0 Å². The van der Waals surface area contributed by atoms with Crippen LogP contribution in [0.25, 0.3) is 0 Å². The molecular weight excluding hydrogens is 420 g/mol. The zero-order valence-electron chi connectivity index (χ0n) is 16.9. The topological polar surface area (TPSA) is 111 Å². The molecule has 2 aromatic carbocycles. The first-order chi connectivity index (χ1) is 14.9. The molecule has 0 unspecified atom stereocenters. The van der Waals surface area contributed by atoms with Crippen molar-refractivity contribution in [3.05, 3.63) is 48.5 Å². The SMILES string of the molecule is O=C(Nc1cccc(S(=O)(=O)c2cccc(NC(=O)[C@H]3CCCO3)c2)c1)[C@@H]1CCCO1. The molecule has 0 bridgehead atoms. The Morgan fingerprint density at radius 1 is 0.774 bits per heavy atom. The molecule has 0 spiro atoms. The Hall–Kier alpha value is -2.75. The van der Waals surface area contributed by atoms with Gasteiger partial charge in [-0.3, -0.25) is 9.59 Å². The number of rotatable bonds is 6. The molecule has 2 atom stereocenters. The minimum Gasteiger partial charge on any atom is -0.368 e. The van der Waals surface area contributed by atoms with Gasteiger partial charge in [-0.1, -0.05) is 12.1 Å². The third kappa shape index (κ3) is 4.95. The van der Waals surface area contributed by atoms with Crippen molar-refractivity contribution in [2.24, 2.45) is 0 Å². The van der Waals surface area contributed by atoms with E-state index in [2.05, 4.69) is 10.6 Å². The monoisotopic (exact) mass is 444 g/mol. The lowest BCUT2D eigenvalue weighted by molar-refractivity contribution is -0.125. The van der Waals surface area contributed by atoms with Crippen molar-refractivity contribution in [3.63, 3.8) is 0 Å². The van der Waals surface area contributed by atoms with Crippen molar-refractivity contribution in [2.75, 3.05) is 23.8 Å². The molecule has 0 saturated carbocycles. The van der Waals surface area contributed by atoms with Crippen LogP contribution in [0.1, 0.15) is 25.7 Å². The highest BCUT2D eigenvalue weighted by atomic mass is 32.2. The van der Waals surface area contributed by atoms with E-state index in [4.69, 9.17) is 9.47 Å². The van der Waals surface area contributed by atoms with Crippen molar-refractivity contribution in [2.45, 2.75) is 47.7 Å². The highest BCUT2D eigenvalue weighted by molar-refractivity contribution is 7.91. The fourth-order valence-electron chi connectivity index (χ4n) is 3.63. The molecule has 2 amide bonds. The van der Waals surface area contributed by atoms with E-state index < -0.39 is 22.0 Å². The van der Waals surface area contributed by atoms with Gasteiger partial charge >= 0.3 is 0 Å². The maximum absolute atomic E-state index is 13.1. The smallest absolute Gasteiger partial charge is 0.253 e. The van der Waals surface area contributed by atoms with E-state index >= 15 is 0 Å². The molecule has 2 saturated heterocycles. The second-order valence-electron chi connectivity index (χ2n) is 7.54. The van der Waals surface area contributed by atoms with Crippen LogP contribution in [0.2, 0.25) is 0 Å². The maximum atomic E-state index is 13.1. The van der Waals surface area contributed by atoms with Crippen LogP contribution < -0.4 is 10.6 Å². The predicted molar refractivity (Wildman–Crippen MR) is 114 cm³/mol. The zero-order chi connectivity index (χ0) is 21.8. The lowest BCUT2D eigenvalue weighted by atomic mass is 10.2. The van der Waals surface area contributed by atoms with E-state index in [1.807, 2.05) is 0 Å². The Morgan fingerprint density at radius 3 is 1.61 bits per heavy atom. The molecule has 2 fully saturated rings. The summed E-state index contributed by atoms with van der Waals surface area (Å²) in [7, 11) is -3.86. The quantitative estimate of drug-likeness (QED) is 0.709. The van der Waals surface area contributed by atoms with Gasteiger partial charge in [-0.15, -0.1) is 0 Å². The van der Waals surface area contributed by atoms with Crippen LogP contribution >= 0.6 is 0 Å². The average Bonchev–Trinajstić information content (AvgIpc) is 3.48. The number of benzene rings is 2. The number of sulfone groups is 1. The van der Waals surface area contributed by atoms with Gasteiger partial charge in [-0.05, 0) is 62.1 Å². The summed E-state index contributed by atoms with van der Waals surface area (Å²) in [5, 5.41) is 5.43. The summed E-state index contributed by atoms with van der Waals surface area (Å²) in [4.78, 5) is 24.6. The van der Waals surface area contributed by atoms with Crippen LogP contribution in [0.15, 0.2) is 58.3 Å². The third-order valence-electron chi connectivity index (χ3n) is 5.27. The van der Waals surface area contributed by atoms with Crippen molar-refractivity contribution in [3.8, 4) is 0 Å². The minimum absolute atomic E-state index is 0.0419. The summed E-state index contributed by atoms with van der Waals surface area (Å²) >= 11 is 0. The van der Waals surface area contributed by atoms with Crippen LogP contribution in [0.4, 0.5) is 11.4 Å². The molecule has 2 aliphatic rings. The highest BCUT2D eigenvalue weighted by Crippen LogP contribution is 2.26. The molecule has 9 heteroatoms. The van der Waals surface area contributed by atoms with Gasteiger partial charge < -0.3 is 20.1 Å². The number of hydrogen-bond donors (Lipinski definition) is 2. The minimum atomic E-state index is -3.86. The lowest BCUT2D eigenvalue weighted by Crippen LogP contribution is -2.27. The molecule has 0 radical (unpaired) electrons. The van der Waals surface area contributed by atoms with Gasteiger partial charge in [0, 0.05) is 24.6 Å². The molecule has 31 heavy (non-hydrogen) atoms. The zero-order valence-corrected chi connectivity index (χ0v) is 17.7. The van der Waals surface area contributed by atoms with Crippen molar-refractivity contribution < 1.29 is 27.5 Å². The Morgan fingerprint density at radius 2 is 1.23 bits per heavy atom. The number of amides is 2. The second-order valence-corrected chi connectivity index (χ2v) is 9.49. The van der Waals surface area contributed by atoms with Gasteiger partial charge in [0.1, 0.15) is 12.2 Å². The van der Waals surface area contributed by atoms with Gasteiger partial charge in [0.2, 0.25) is 9.84 Å². The lowest BCUT2D eigenvalue weighted by Gasteiger charge is -2.13. The molecule has 0 aliphatic carbocycles. The first-order valence-corrected chi connectivity index (χ1v) is 11.7. The van der Waals surface area contributed by atoms with Gasteiger partial charge in [-0.25, -0.2) is 8.42 Å². The molecule has 2 N–H and O–H groups in total. The number of anilines is 2. The molecular formula is C22H24N2O6S. The van der Waals surface area contributed by atoms with E-state index in [0.29, 0.717) is 37.4 Å². The Bertz CT molecular complexity index is 993. The van der Waals surface area contributed by atoms with Crippen LogP contribution in [0, 0.1) is 0 Å². The maximum Gasteiger partial charge on any atom is 0.253 e. The van der Waals surface area contributed by atoms with Crippen LogP contribution in [0.3, 0.4) is 0 Å². The highest BCUT2D eigenvalue weighted by Gasteiger charge is 2.26. The molecule has 4 rings (SSSR count). The average molecular weight is 445 g/mol. The number of ether oxygens (including phenoxy) is 2. The molecule has 2 aliphatic heterocycles. The Labute approximate surface area is 180 Å². The largest absolute Gasteiger partial charge is 0.368 e. The van der Waals surface area contributed by atoms with Crippen LogP contribution in [-0.2, 0) is 28.9 Å². The molecule has 2 heterocycles. The first-order valence-electron chi connectivity index (χ1n) is 10.2. The van der Waals surface area contributed by atoms with E-state index in [1.54, 1.807) is 24.3 Å². The fourth-order valence-corrected chi connectivity index (χ4v) is 4.98. The van der Waals surface area contributed by atoms with E-state index in [0.717, 1.165) is 12.8 Å². The van der Waals surface area contributed by atoms with Gasteiger partial charge in [0.05, 0.1) is 9.79 Å². The number of hydrogen-bond acceptors (Lipinski definition) is 6. The van der Waals surface area contributed by atoms with Gasteiger partial charge in [0.25, 0.3) is 11.8 Å². The molecule has 164 valence electrons.